The fourth-order valence-corrected chi connectivity index (χ4v) is 4.74. The third-order valence-corrected chi connectivity index (χ3v) is 6.36. The summed E-state index contributed by atoms with van der Waals surface area (Å²) in [4.78, 5) is 18.3. The Kier molecular flexibility index (Phi) is 6.70. The van der Waals surface area contributed by atoms with E-state index in [2.05, 4.69) is 11.9 Å². The topological polar surface area (TPSA) is 43.6 Å². The van der Waals surface area contributed by atoms with Crippen LogP contribution in [0.4, 0.5) is 0 Å². The van der Waals surface area contributed by atoms with Crippen LogP contribution in [0.5, 0.6) is 5.75 Å². The molecular weight excluding hydrogens is 416 g/mol. The lowest BCUT2D eigenvalue weighted by Gasteiger charge is -2.09. The van der Waals surface area contributed by atoms with E-state index in [1.165, 1.54) is 43.4 Å². The van der Waals surface area contributed by atoms with Crippen LogP contribution in [-0.2, 0) is 0 Å². The number of hydrogen-bond donors (Lipinski definition) is 0. The van der Waals surface area contributed by atoms with Gasteiger partial charge in [0.05, 0.1) is 22.2 Å². The van der Waals surface area contributed by atoms with Crippen molar-refractivity contribution in [2.24, 2.45) is 0 Å². The summed E-state index contributed by atoms with van der Waals surface area (Å²) >= 11 is 7.61. The first kappa shape index (κ1) is 20.9. The standard InChI is InChI=1S/C24H25ClN2O2S/c1-2-3-4-5-6-9-14-29-21-13-12-18(25)15-17(21)16-22-23(28)27-20-11-8-7-10-19(20)26-24(27)30-22/h7-8,10-13,15-16H,2-6,9,14H2,1H3/b22-16-. The molecule has 2 heterocycles. The molecule has 0 bridgehead atoms. The normalized spacial score (nSPS) is 12.3. The monoisotopic (exact) mass is 440 g/mol. The van der Waals surface area contributed by atoms with Gasteiger partial charge in [-0.15, -0.1) is 0 Å². The van der Waals surface area contributed by atoms with Crippen molar-refractivity contribution in [1.82, 2.24) is 9.38 Å². The molecule has 0 spiro atoms. The summed E-state index contributed by atoms with van der Waals surface area (Å²) in [7, 11) is 0. The minimum Gasteiger partial charge on any atom is -0.493 e. The highest BCUT2D eigenvalue weighted by molar-refractivity contribution is 7.15. The van der Waals surface area contributed by atoms with Gasteiger partial charge in [-0.05, 0) is 42.8 Å². The van der Waals surface area contributed by atoms with Crippen LogP contribution >= 0.6 is 22.9 Å². The summed E-state index contributed by atoms with van der Waals surface area (Å²) in [6.45, 7) is 2.89. The van der Waals surface area contributed by atoms with E-state index in [9.17, 15) is 4.79 Å². The Morgan fingerprint density at radius 2 is 1.90 bits per heavy atom. The Labute approximate surface area is 184 Å². The molecule has 0 saturated carbocycles. The highest BCUT2D eigenvalue weighted by Crippen LogP contribution is 2.24. The smallest absolute Gasteiger partial charge is 0.274 e. The lowest BCUT2D eigenvalue weighted by molar-refractivity contribution is 0.304. The quantitative estimate of drug-likeness (QED) is 0.306. The Morgan fingerprint density at radius 1 is 1.10 bits per heavy atom. The summed E-state index contributed by atoms with van der Waals surface area (Å²) in [5.74, 6) is 0.753. The number of halogens is 1. The van der Waals surface area contributed by atoms with Gasteiger partial charge in [0, 0.05) is 10.6 Å². The Morgan fingerprint density at radius 3 is 2.77 bits per heavy atom. The van der Waals surface area contributed by atoms with E-state index >= 15 is 0 Å². The number of nitrogens with zero attached hydrogens (tertiary/aromatic N) is 2. The molecule has 156 valence electrons. The molecular formula is C24H25ClN2O2S. The minimum atomic E-state index is -0.0643. The molecule has 0 N–H and O–H groups in total. The lowest BCUT2D eigenvalue weighted by Crippen LogP contribution is -2.22. The fraction of sp³-hybridized carbons (Fsp3) is 0.333. The summed E-state index contributed by atoms with van der Waals surface area (Å²) in [5.41, 5.74) is 2.42. The zero-order valence-electron chi connectivity index (χ0n) is 17.1. The first-order valence-electron chi connectivity index (χ1n) is 10.5. The zero-order chi connectivity index (χ0) is 20.9. The first-order valence-corrected chi connectivity index (χ1v) is 11.7. The van der Waals surface area contributed by atoms with Gasteiger partial charge in [0.15, 0.2) is 4.96 Å². The van der Waals surface area contributed by atoms with Crippen LogP contribution in [0.15, 0.2) is 47.3 Å². The molecule has 6 heteroatoms. The summed E-state index contributed by atoms with van der Waals surface area (Å²) in [6, 6.07) is 13.2. The predicted molar refractivity (Wildman–Crippen MR) is 126 cm³/mol. The molecule has 0 aliphatic rings. The molecule has 4 rings (SSSR count). The van der Waals surface area contributed by atoms with Gasteiger partial charge in [-0.3, -0.25) is 4.79 Å². The molecule has 0 saturated heterocycles. The van der Waals surface area contributed by atoms with Gasteiger partial charge in [0.1, 0.15) is 5.75 Å². The van der Waals surface area contributed by atoms with Gasteiger partial charge in [0.2, 0.25) is 0 Å². The molecule has 0 radical (unpaired) electrons. The van der Waals surface area contributed by atoms with Crippen LogP contribution < -0.4 is 14.8 Å². The number of thiazole rings is 1. The number of hydrogen-bond acceptors (Lipinski definition) is 4. The van der Waals surface area contributed by atoms with E-state index in [1.54, 1.807) is 4.40 Å². The number of unbranched alkanes of at least 4 members (excludes halogenated alkanes) is 5. The van der Waals surface area contributed by atoms with Crippen molar-refractivity contribution in [3.8, 4) is 5.75 Å². The van der Waals surface area contributed by atoms with Crippen molar-refractivity contribution in [1.29, 1.82) is 0 Å². The highest BCUT2D eigenvalue weighted by Gasteiger charge is 2.11. The second-order valence-electron chi connectivity index (χ2n) is 7.43. The molecule has 2 aromatic carbocycles. The number of imidazole rings is 1. The number of para-hydroxylation sites is 2. The van der Waals surface area contributed by atoms with Gasteiger partial charge < -0.3 is 4.74 Å². The van der Waals surface area contributed by atoms with Crippen molar-refractivity contribution in [2.45, 2.75) is 45.4 Å². The van der Waals surface area contributed by atoms with Crippen molar-refractivity contribution in [3.63, 3.8) is 0 Å². The maximum atomic E-state index is 13.0. The van der Waals surface area contributed by atoms with E-state index in [0.29, 0.717) is 21.1 Å². The maximum Gasteiger partial charge on any atom is 0.274 e. The van der Waals surface area contributed by atoms with Crippen molar-refractivity contribution in [2.75, 3.05) is 6.61 Å². The van der Waals surface area contributed by atoms with Gasteiger partial charge in [-0.1, -0.05) is 74.1 Å². The van der Waals surface area contributed by atoms with Crippen LogP contribution in [0, 0.1) is 0 Å². The Hall–Kier alpha value is -2.37. The summed E-state index contributed by atoms with van der Waals surface area (Å²) < 4.78 is 8.32. The SMILES string of the molecule is CCCCCCCCOc1ccc(Cl)cc1/C=c1\sc2nc3ccccc3n2c1=O. The number of fused-ring (bicyclic) bond motifs is 3. The molecule has 0 fully saturated rings. The van der Waals surface area contributed by atoms with E-state index in [1.807, 2.05) is 48.5 Å². The molecule has 0 unspecified atom stereocenters. The number of benzene rings is 2. The van der Waals surface area contributed by atoms with E-state index in [0.717, 1.165) is 28.8 Å². The van der Waals surface area contributed by atoms with Gasteiger partial charge in [0.25, 0.3) is 5.56 Å². The van der Waals surface area contributed by atoms with Crippen LogP contribution in [0.3, 0.4) is 0 Å². The molecule has 4 aromatic rings. The third-order valence-electron chi connectivity index (χ3n) is 5.16. The Balaban J connectivity index is 1.58. The maximum absolute atomic E-state index is 13.0. The summed E-state index contributed by atoms with van der Waals surface area (Å²) in [6.07, 6.45) is 9.15. The first-order chi connectivity index (χ1) is 14.7. The molecule has 0 aliphatic heterocycles. The average molecular weight is 441 g/mol. The van der Waals surface area contributed by atoms with Crippen LogP contribution in [0.1, 0.15) is 51.0 Å². The van der Waals surface area contributed by atoms with Gasteiger partial charge in [-0.25, -0.2) is 9.38 Å². The largest absolute Gasteiger partial charge is 0.493 e. The number of aromatic nitrogens is 2. The van der Waals surface area contributed by atoms with Crippen molar-refractivity contribution >= 4 is 45.0 Å². The average Bonchev–Trinajstić information content (AvgIpc) is 3.25. The molecule has 4 nitrogen and oxygen atoms in total. The molecule has 2 aromatic heterocycles. The number of ether oxygens (including phenoxy) is 1. The highest BCUT2D eigenvalue weighted by atomic mass is 35.5. The predicted octanol–water partition coefficient (Wildman–Crippen LogP) is 5.85. The van der Waals surface area contributed by atoms with Gasteiger partial charge in [-0.2, -0.15) is 0 Å². The van der Waals surface area contributed by atoms with Crippen LogP contribution in [0.25, 0.3) is 22.1 Å². The third kappa shape index (κ3) is 4.52. The Bertz CT molecular complexity index is 1260. The molecule has 0 aliphatic carbocycles. The molecule has 0 amide bonds. The van der Waals surface area contributed by atoms with E-state index < -0.39 is 0 Å². The van der Waals surface area contributed by atoms with Crippen molar-refractivity contribution < 1.29 is 4.74 Å². The number of rotatable bonds is 9. The van der Waals surface area contributed by atoms with E-state index in [-0.39, 0.29) is 5.56 Å². The van der Waals surface area contributed by atoms with Crippen LogP contribution in [0.2, 0.25) is 5.02 Å². The second kappa shape index (κ2) is 9.63. The second-order valence-corrected chi connectivity index (χ2v) is 8.88. The zero-order valence-corrected chi connectivity index (χ0v) is 18.6. The molecule has 0 atom stereocenters. The van der Waals surface area contributed by atoms with E-state index in [4.69, 9.17) is 16.3 Å². The lowest BCUT2D eigenvalue weighted by atomic mass is 10.1. The summed E-state index contributed by atoms with van der Waals surface area (Å²) in [5, 5.41) is 0.618. The van der Waals surface area contributed by atoms with Crippen molar-refractivity contribution in [3.05, 3.63) is 67.9 Å². The minimum absolute atomic E-state index is 0.0643. The van der Waals surface area contributed by atoms with Gasteiger partial charge >= 0.3 is 0 Å². The fourth-order valence-electron chi connectivity index (χ4n) is 3.58. The van der Waals surface area contributed by atoms with Crippen LogP contribution in [-0.4, -0.2) is 16.0 Å². The molecule has 30 heavy (non-hydrogen) atoms.